The third-order valence-corrected chi connectivity index (χ3v) is 2.26. The van der Waals surface area contributed by atoms with Gasteiger partial charge in [0.05, 0.1) is 5.69 Å². The first-order valence-corrected chi connectivity index (χ1v) is 5.37. The second kappa shape index (κ2) is 6.93. The summed E-state index contributed by atoms with van der Waals surface area (Å²) in [5.74, 6) is -0.637. The van der Waals surface area contributed by atoms with Gasteiger partial charge in [0.1, 0.15) is 11.9 Å². The smallest absolute Gasteiger partial charge is 0.339 e. The summed E-state index contributed by atoms with van der Waals surface area (Å²) in [6.07, 6.45) is 2.66. The molecule has 0 amide bonds. The van der Waals surface area contributed by atoms with Gasteiger partial charge in [0, 0.05) is 33.0 Å². The van der Waals surface area contributed by atoms with E-state index in [1.807, 2.05) is 0 Å². The van der Waals surface area contributed by atoms with E-state index in [-0.39, 0.29) is 5.56 Å². The largest absolute Gasteiger partial charge is 0.478 e. The van der Waals surface area contributed by atoms with Crippen LogP contribution in [0.15, 0.2) is 12.5 Å². The first kappa shape index (κ1) is 13.5. The van der Waals surface area contributed by atoms with Gasteiger partial charge in [0.25, 0.3) is 0 Å². The summed E-state index contributed by atoms with van der Waals surface area (Å²) < 4.78 is 5.01. The summed E-state index contributed by atoms with van der Waals surface area (Å²) in [6.45, 7) is 3.88. The van der Waals surface area contributed by atoms with Crippen LogP contribution in [0.5, 0.6) is 0 Å². The van der Waals surface area contributed by atoms with Crippen LogP contribution in [0.25, 0.3) is 0 Å². The first-order chi connectivity index (χ1) is 8.15. The Balaban J connectivity index is 2.49. The topological polar surface area (TPSA) is 84.3 Å². The van der Waals surface area contributed by atoms with Gasteiger partial charge in [-0.1, -0.05) is 6.92 Å². The fourth-order valence-electron chi connectivity index (χ4n) is 1.45. The first-order valence-electron chi connectivity index (χ1n) is 5.37. The van der Waals surface area contributed by atoms with Crippen molar-refractivity contribution in [1.29, 1.82) is 0 Å². The number of aromatic nitrogens is 2. The van der Waals surface area contributed by atoms with E-state index in [9.17, 15) is 4.79 Å². The molecule has 0 spiro atoms. The molecule has 1 atom stereocenters. The minimum atomic E-state index is -1.01. The summed E-state index contributed by atoms with van der Waals surface area (Å²) in [7, 11) is 1.66. The van der Waals surface area contributed by atoms with Crippen molar-refractivity contribution in [1.82, 2.24) is 15.3 Å². The van der Waals surface area contributed by atoms with Gasteiger partial charge in [-0.25, -0.2) is 14.8 Å². The van der Waals surface area contributed by atoms with Crippen LogP contribution in [0.3, 0.4) is 0 Å². The molecule has 1 aromatic rings. The normalized spacial score (nSPS) is 12.4. The van der Waals surface area contributed by atoms with E-state index >= 15 is 0 Å². The van der Waals surface area contributed by atoms with E-state index in [2.05, 4.69) is 22.2 Å². The van der Waals surface area contributed by atoms with Crippen molar-refractivity contribution >= 4 is 5.97 Å². The average molecular weight is 239 g/mol. The van der Waals surface area contributed by atoms with Gasteiger partial charge < -0.3 is 15.2 Å². The Morgan fingerprint density at radius 1 is 1.65 bits per heavy atom. The van der Waals surface area contributed by atoms with Crippen LogP contribution >= 0.6 is 0 Å². The van der Waals surface area contributed by atoms with Crippen LogP contribution in [-0.2, 0) is 11.3 Å². The summed E-state index contributed by atoms with van der Waals surface area (Å²) in [4.78, 5) is 18.6. The predicted molar refractivity (Wildman–Crippen MR) is 61.7 cm³/mol. The maximum absolute atomic E-state index is 10.9. The molecular formula is C11H17N3O3. The molecule has 1 heterocycles. The minimum Gasteiger partial charge on any atom is -0.478 e. The highest BCUT2D eigenvalue weighted by atomic mass is 16.5. The molecule has 2 N–H and O–H groups in total. The average Bonchev–Trinajstić information content (AvgIpc) is 2.30. The molecule has 0 aliphatic heterocycles. The number of hydrogen-bond donors (Lipinski definition) is 2. The number of ether oxygens (including phenoxy) is 1. The minimum absolute atomic E-state index is 0.138. The van der Waals surface area contributed by atoms with Crippen molar-refractivity contribution in [2.45, 2.75) is 13.5 Å². The van der Waals surface area contributed by atoms with Crippen LogP contribution in [0.2, 0.25) is 0 Å². The lowest BCUT2D eigenvalue weighted by molar-refractivity contribution is 0.0694. The molecule has 0 fully saturated rings. The quantitative estimate of drug-likeness (QED) is 0.722. The van der Waals surface area contributed by atoms with Gasteiger partial charge in [-0.3, -0.25) is 0 Å². The van der Waals surface area contributed by atoms with Gasteiger partial charge >= 0.3 is 5.97 Å². The molecule has 0 radical (unpaired) electrons. The van der Waals surface area contributed by atoms with Crippen LogP contribution in [0.4, 0.5) is 0 Å². The van der Waals surface area contributed by atoms with Crippen molar-refractivity contribution in [3.63, 3.8) is 0 Å². The van der Waals surface area contributed by atoms with E-state index in [0.717, 1.165) is 6.54 Å². The van der Waals surface area contributed by atoms with E-state index in [1.54, 1.807) is 7.11 Å². The highest BCUT2D eigenvalue weighted by Crippen LogP contribution is 2.03. The number of rotatable bonds is 7. The molecular weight excluding hydrogens is 222 g/mol. The Labute approximate surface area is 100 Å². The van der Waals surface area contributed by atoms with Crippen molar-refractivity contribution in [2.75, 3.05) is 20.3 Å². The Morgan fingerprint density at radius 3 is 3.06 bits per heavy atom. The molecule has 1 rings (SSSR count). The molecule has 0 saturated heterocycles. The second-order valence-electron chi connectivity index (χ2n) is 3.88. The third kappa shape index (κ3) is 4.46. The third-order valence-electron chi connectivity index (χ3n) is 2.26. The Bertz CT molecular complexity index is 371. The van der Waals surface area contributed by atoms with Crippen molar-refractivity contribution in [2.24, 2.45) is 5.92 Å². The van der Waals surface area contributed by atoms with Crippen molar-refractivity contribution < 1.29 is 14.6 Å². The number of carbonyl (C=O) groups is 1. The van der Waals surface area contributed by atoms with E-state index in [4.69, 9.17) is 9.84 Å². The molecule has 17 heavy (non-hydrogen) atoms. The number of aromatic carboxylic acids is 1. The monoisotopic (exact) mass is 239 g/mol. The highest BCUT2D eigenvalue weighted by Gasteiger charge is 2.11. The molecule has 1 aromatic heterocycles. The molecule has 0 aliphatic carbocycles. The van der Waals surface area contributed by atoms with Gasteiger partial charge in [0.2, 0.25) is 0 Å². The van der Waals surface area contributed by atoms with Crippen molar-refractivity contribution in [3.8, 4) is 0 Å². The van der Waals surface area contributed by atoms with Crippen LogP contribution in [0.1, 0.15) is 23.0 Å². The zero-order chi connectivity index (χ0) is 12.7. The molecule has 6 nitrogen and oxygen atoms in total. The van der Waals surface area contributed by atoms with E-state index in [0.29, 0.717) is 24.8 Å². The van der Waals surface area contributed by atoms with Crippen LogP contribution in [-0.4, -0.2) is 41.3 Å². The lowest BCUT2D eigenvalue weighted by atomic mass is 10.2. The fraction of sp³-hybridized carbons (Fsp3) is 0.545. The number of carboxylic acid groups (broad SMARTS) is 1. The molecule has 0 saturated carbocycles. The number of methoxy groups -OCH3 is 1. The van der Waals surface area contributed by atoms with Gasteiger partial charge in [-0.15, -0.1) is 0 Å². The Morgan fingerprint density at radius 2 is 2.41 bits per heavy atom. The highest BCUT2D eigenvalue weighted by molar-refractivity contribution is 5.88. The molecule has 0 aromatic carbocycles. The van der Waals surface area contributed by atoms with Gasteiger partial charge in [0.15, 0.2) is 0 Å². The lowest BCUT2D eigenvalue weighted by Crippen LogP contribution is -2.25. The maximum Gasteiger partial charge on any atom is 0.339 e. The Kier molecular flexibility index (Phi) is 5.51. The number of hydrogen-bond acceptors (Lipinski definition) is 5. The SMILES string of the molecule is COCC(C)CNCc1ncncc1C(=O)O. The fourth-order valence-corrected chi connectivity index (χ4v) is 1.45. The molecule has 0 aliphatic rings. The summed E-state index contributed by atoms with van der Waals surface area (Å²) in [6, 6.07) is 0. The molecule has 0 bridgehead atoms. The van der Waals surface area contributed by atoms with Crippen molar-refractivity contribution in [3.05, 3.63) is 23.8 Å². The number of nitrogens with one attached hydrogen (secondary N) is 1. The standard InChI is InChI=1S/C11H17N3O3/c1-8(6-17-2)3-12-5-10-9(11(15)16)4-13-7-14-10/h4,7-8,12H,3,5-6H2,1-2H3,(H,15,16). The van der Waals surface area contributed by atoms with Gasteiger partial charge in [-0.05, 0) is 5.92 Å². The van der Waals surface area contributed by atoms with E-state index < -0.39 is 5.97 Å². The number of carboxylic acids is 1. The maximum atomic E-state index is 10.9. The molecule has 6 heteroatoms. The second-order valence-corrected chi connectivity index (χ2v) is 3.88. The van der Waals surface area contributed by atoms with E-state index in [1.165, 1.54) is 12.5 Å². The molecule has 1 unspecified atom stereocenters. The summed E-state index contributed by atoms with van der Waals surface area (Å²) in [5, 5.41) is 12.1. The van der Waals surface area contributed by atoms with Gasteiger partial charge in [-0.2, -0.15) is 0 Å². The zero-order valence-electron chi connectivity index (χ0n) is 10.0. The zero-order valence-corrected chi connectivity index (χ0v) is 10.0. The van der Waals surface area contributed by atoms with Crippen LogP contribution < -0.4 is 5.32 Å². The summed E-state index contributed by atoms with van der Waals surface area (Å²) >= 11 is 0. The number of nitrogens with zero attached hydrogens (tertiary/aromatic N) is 2. The molecule has 94 valence electrons. The summed E-state index contributed by atoms with van der Waals surface area (Å²) in [5.41, 5.74) is 0.636. The van der Waals surface area contributed by atoms with Crippen LogP contribution in [0, 0.1) is 5.92 Å². The Hall–Kier alpha value is -1.53. The predicted octanol–water partition coefficient (Wildman–Crippen LogP) is 0.547. The lowest BCUT2D eigenvalue weighted by Gasteiger charge is -2.11.